The van der Waals surface area contributed by atoms with Gasteiger partial charge in [-0.2, -0.15) is 0 Å². The van der Waals surface area contributed by atoms with E-state index in [0.29, 0.717) is 30.4 Å². The maximum Gasteiger partial charge on any atom is 0.244 e. The van der Waals surface area contributed by atoms with Crippen LogP contribution in [-0.2, 0) is 4.79 Å². The fourth-order valence-corrected chi connectivity index (χ4v) is 6.06. The molecule has 1 fully saturated rings. The van der Waals surface area contributed by atoms with E-state index in [4.69, 9.17) is 10.5 Å². The molecule has 40 heavy (non-hydrogen) atoms. The lowest BCUT2D eigenvalue weighted by Crippen LogP contribution is -2.26. The molecule has 4 nitrogen and oxygen atoms in total. The van der Waals surface area contributed by atoms with Crippen molar-refractivity contribution in [2.75, 3.05) is 26.3 Å². The number of nitrogens with zero attached hydrogens (tertiary/aromatic N) is 1. The second-order valence-corrected chi connectivity index (χ2v) is 11.0. The maximum absolute atomic E-state index is 15.4. The van der Waals surface area contributed by atoms with E-state index < -0.39 is 0 Å². The number of hydrogen-bond acceptors (Lipinski definition) is 3. The van der Waals surface area contributed by atoms with Crippen molar-refractivity contribution in [1.29, 1.82) is 0 Å². The molecular formula is C34H38F2N2O2. The fraction of sp³-hybridized carbons (Fsp3) is 0.382. The molecule has 2 N–H and O–H groups in total. The second kappa shape index (κ2) is 12.8. The molecule has 6 heteroatoms. The maximum atomic E-state index is 15.4. The van der Waals surface area contributed by atoms with E-state index in [0.717, 1.165) is 78.9 Å². The SMILES string of the molecule is Cc1ccc(C2=C(c3ccc(O[C@H]4CCN(CCCF)C4)cc3)C3=C/C/C=C(/C(N)=O)C/C=C\3CCC2)c(F)c1. The van der Waals surface area contributed by atoms with Gasteiger partial charge in [-0.3, -0.25) is 14.1 Å². The third-order valence-corrected chi connectivity index (χ3v) is 8.09. The van der Waals surface area contributed by atoms with Crippen LogP contribution in [0.15, 0.2) is 77.4 Å². The summed E-state index contributed by atoms with van der Waals surface area (Å²) in [5.74, 6) is 0.208. The summed E-state index contributed by atoms with van der Waals surface area (Å²) in [6, 6.07) is 13.6. The monoisotopic (exact) mass is 544 g/mol. The molecular weight excluding hydrogens is 506 g/mol. The van der Waals surface area contributed by atoms with Gasteiger partial charge in [0.1, 0.15) is 17.7 Å². The van der Waals surface area contributed by atoms with Crippen LogP contribution in [0, 0.1) is 12.7 Å². The quantitative estimate of drug-likeness (QED) is 0.386. The number of amides is 1. The minimum atomic E-state index is -0.385. The van der Waals surface area contributed by atoms with Gasteiger partial charge in [-0.15, -0.1) is 0 Å². The number of benzene rings is 2. The van der Waals surface area contributed by atoms with Crippen molar-refractivity contribution < 1.29 is 18.3 Å². The molecule has 2 aromatic rings. The van der Waals surface area contributed by atoms with Gasteiger partial charge in [0, 0.05) is 30.8 Å². The van der Waals surface area contributed by atoms with Crippen LogP contribution in [0.25, 0.3) is 11.1 Å². The highest BCUT2D eigenvalue weighted by Crippen LogP contribution is 2.44. The third-order valence-electron chi connectivity index (χ3n) is 8.09. The van der Waals surface area contributed by atoms with E-state index in [9.17, 15) is 9.18 Å². The Morgan fingerprint density at radius 1 is 1.10 bits per heavy atom. The number of ether oxygens (including phenoxy) is 1. The number of primary amides is 1. The third kappa shape index (κ3) is 6.44. The van der Waals surface area contributed by atoms with E-state index >= 15 is 4.39 Å². The molecule has 0 aromatic heterocycles. The van der Waals surface area contributed by atoms with Crippen LogP contribution >= 0.6 is 0 Å². The highest BCUT2D eigenvalue weighted by Gasteiger charge is 2.26. The van der Waals surface area contributed by atoms with Crippen molar-refractivity contribution in [2.45, 2.75) is 58.0 Å². The Morgan fingerprint density at radius 2 is 1.93 bits per heavy atom. The molecule has 210 valence electrons. The molecule has 0 radical (unpaired) electrons. The molecule has 0 unspecified atom stereocenters. The Balaban J connectivity index is 1.51. The van der Waals surface area contributed by atoms with Gasteiger partial charge in [0.25, 0.3) is 0 Å². The van der Waals surface area contributed by atoms with Crippen LogP contribution in [0.3, 0.4) is 0 Å². The van der Waals surface area contributed by atoms with Crippen molar-refractivity contribution in [3.8, 4) is 5.75 Å². The number of likely N-dealkylation sites (tertiary alicyclic amines) is 1. The summed E-state index contributed by atoms with van der Waals surface area (Å²) in [5, 5.41) is 0. The van der Waals surface area contributed by atoms with Crippen LogP contribution in [0.4, 0.5) is 8.78 Å². The summed E-state index contributed by atoms with van der Waals surface area (Å²) >= 11 is 0. The number of fused-ring (bicyclic) bond motifs is 1. The molecule has 0 bridgehead atoms. The van der Waals surface area contributed by atoms with E-state index in [2.05, 4.69) is 29.2 Å². The number of allylic oxidation sites excluding steroid dienone is 7. The molecule has 5 rings (SSSR count). The number of carbonyl (C=O) groups excluding carboxylic acids is 1. The van der Waals surface area contributed by atoms with Gasteiger partial charge in [-0.05, 0) is 103 Å². The Bertz CT molecular complexity index is 1370. The summed E-state index contributed by atoms with van der Waals surface area (Å²) < 4.78 is 34.2. The normalized spacial score (nSPS) is 24.0. The molecule has 1 aliphatic heterocycles. The highest BCUT2D eigenvalue weighted by atomic mass is 19.1. The Labute approximate surface area is 235 Å². The first-order chi connectivity index (χ1) is 19.4. The van der Waals surface area contributed by atoms with E-state index in [1.807, 2.05) is 37.3 Å². The van der Waals surface area contributed by atoms with Crippen molar-refractivity contribution in [1.82, 2.24) is 4.90 Å². The molecule has 1 heterocycles. The van der Waals surface area contributed by atoms with Crippen LogP contribution in [-0.4, -0.2) is 43.2 Å². The summed E-state index contributed by atoms with van der Waals surface area (Å²) in [6.07, 6.45) is 11.3. The minimum Gasteiger partial charge on any atom is -0.489 e. The van der Waals surface area contributed by atoms with Gasteiger partial charge in [0.05, 0.1) is 6.67 Å². The minimum absolute atomic E-state index is 0.0915. The standard InChI is InChI=1S/C34H38F2N2O2/c1-23-9-16-30(32(36)21-23)31-8-2-5-24-10-11-26(34(37)39)6-3-7-29(24)33(31)25-12-14-27(15-13-25)40-28-17-20-38(22-28)19-4-18-35/h6-7,9-10,12-16,21,28H,2-5,8,11,17-20,22H2,1H3,(H2,37,39)/b24-10-,26-6+,29-7+/t28-/m0/s1. The molecule has 1 atom stereocenters. The predicted molar refractivity (Wildman–Crippen MR) is 157 cm³/mol. The number of hydrogen-bond donors (Lipinski definition) is 1. The first-order valence-electron chi connectivity index (χ1n) is 14.4. The van der Waals surface area contributed by atoms with Gasteiger partial charge < -0.3 is 10.5 Å². The van der Waals surface area contributed by atoms with Crippen molar-refractivity contribution in [2.24, 2.45) is 5.73 Å². The fourth-order valence-electron chi connectivity index (χ4n) is 6.06. The van der Waals surface area contributed by atoms with Crippen LogP contribution in [0.1, 0.15) is 61.6 Å². The highest BCUT2D eigenvalue weighted by molar-refractivity contribution is 6.01. The zero-order chi connectivity index (χ0) is 28.1. The average molecular weight is 545 g/mol. The Hall–Kier alpha value is -3.51. The molecule has 2 aliphatic carbocycles. The summed E-state index contributed by atoms with van der Waals surface area (Å²) in [6.45, 7) is 4.12. The lowest BCUT2D eigenvalue weighted by atomic mass is 9.84. The number of halogens is 2. The predicted octanol–water partition coefficient (Wildman–Crippen LogP) is 7.10. The number of rotatable bonds is 8. The van der Waals surface area contributed by atoms with Gasteiger partial charge in [-0.1, -0.05) is 42.5 Å². The lowest BCUT2D eigenvalue weighted by molar-refractivity contribution is -0.114. The van der Waals surface area contributed by atoms with Gasteiger partial charge >= 0.3 is 0 Å². The second-order valence-electron chi connectivity index (χ2n) is 11.0. The van der Waals surface area contributed by atoms with Crippen LogP contribution in [0.2, 0.25) is 0 Å². The molecule has 1 amide bonds. The zero-order valence-corrected chi connectivity index (χ0v) is 23.2. The van der Waals surface area contributed by atoms with Crippen molar-refractivity contribution in [3.05, 3.63) is 99.9 Å². The number of nitrogens with two attached hydrogens (primary N) is 1. The number of aryl methyl sites for hydroxylation is 1. The van der Waals surface area contributed by atoms with Gasteiger partial charge in [-0.25, -0.2) is 4.39 Å². The Kier molecular flexibility index (Phi) is 8.95. The van der Waals surface area contributed by atoms with E-state index in [-0.39, 0.29) is 24.5 Å². The first kappa shape index (κ1) is 28.0. The molecule has 2 aromatic carbocycles. The average Bonchev–Trinajstić information content (AvgIpc) is 3.29. The zero-order valence-electron chi connectivity index (χ0n) is 23.2. The van der Waals surface area contributed by atoms with E-state index in [1.54, 1.807) is 6.07 Å². The summed E-state index contributed by atoms with van der Waals surface area (Å²) in [7, 11) is 0. The first-order valence-corrected chi connectivity index (χ1v) is 14.4. The smallest absolute Gasteiger partial charge is 0.244 e. The van der Waals surface area contributed by atoms with E-state index in [1.165, 1.54) is 5.57 Å². The number of alkyl halides is 1. The number of carbonyl (C=O) groups is 1. The Morgan fingerprint density at radius 3 is 2.67 bits per heavy atom. The van der Waals surface area contributed by atoms with Gasteiger partial charge in [0.2, 0.25) is 5.91 Å². The van der Waals surface area contributed by atoms with Crippen molar-refractivity contribution in [3.63, 3.8) is 0 Å². The van der Waals surface area contributed by atoms with Crippen molar-refractivity contribution >= 4 is 17.1 Å². The molecule has 0 saturated carbocycles. The summed E-state index contributed by atoms with van der Waals surface area (Å²) in [4.78, 5) is 14.1. The largest absolute Gasteiger partial charge is 0.489 e. The van der Waals surface area contributed by atoms with Crippen LogP contribution < -0.4 is 10.5 Å². The molecule has 3 aliphatic rings. The summed E-state index contributed by atoms with van der Waals surface area (Å²) in [5.41, 5.74) is 13.1. The molecule has 0 spiro atoms. The molecule has 1 saturated heterocycles. The topological polar surface area (TPSA) is 55.6 Å². The van der Waals surface area contributed by atoms with Gasteiger partial charge in [0.15, 0.2) is 0 Å². The lowest BCUT2D eigenvalue weighted by Gasteiger charge is -2.21. The van der Waals surface area contributed by atoms with Crippen LogP contribution in [0.5, 0.6) is 5.75 Å².